The standard InChI is InChI=1S/C16H14BrNO3/c1-20-13-4-2-3-12(18)14(13)15(19)11-8-10(17)7-9-5-6-21-16(9)11/h2-4,7-8H,5-6,18H2,1H3. The summed E-state index contributed by atoms with van der Waals surface area (Å²) in [6.07, 6.45) is 0.802. The molecule has 0 bridgehead atoms. The second-order valence-electron chi connectivity index (χ2n) is 4.79. The maximum atomic E-state index is 12.9. The van der Waals surface area contributed by atoms with Gasteiger partial charge >= 0.3 is 0 Å². The highest BCUT2D eigenvalue weighted by Gasteiger charge is 2.25. The van der Waals surface area contributed by atoms with E-state index in [1.165, 1.54) is 7.11 Å². The number of nitrogens with two attached hydrogens (primary N) is 1. The number of halogens is 1. The minimum absolute atomic E-state index is 0.190. The summed E-state index contributed by atoms with van der Waals surface area (Å²) in [7, 11) is 1.52. The third-order valence-electron chi connectivity index (χ3n) is 3.50. The zero-order valence-corrected chi connectivity index (χ0v) is 13.1. The zero-order valence-electron chi connectivity index (χ0n) is 11.5. The molecule has 0 aromatic heterocycles. The van der Waals surface area contributed by atoms with Crippen LogP contribution in [0.25, 0.3) is 0 Å². The van der Waals surface area contributed by atoms with E-state index in [2.05, 4.69) is 15.9 Å². The van der Waals surface area contributed by atoms with Gasteiger partial charge in [-0.15, -0.1) is 0 Å². The van der Waals surface area contributed by atoms with E-state index >= 15 is 0 Å². The number of carbonyl (C=O) groups excluding carboxylic acids is 1. The van der Waals surface area contributed by atoms with Gasteiger partial charge in [0.2, 0.25) is 5.78 Å². The van der Waals surface area contributed by atoms with Gasteiger partial charge in [-0.3, -0.25) is 4.79 Å². The average molecular weight is 348 g/mol. The fourth-order valence-corrected chi connectivity index (χ4v) is 3.04. The summed E-state index contributed by atoms with van der Waals surface area (Å²) in [4.78, 5) is 12.9. The van der Waals surface area contributed by atoms with Crippen LogP contribution < -0.4 is 15.2 Å². The molecule has 0 fully saturated rings. The van der Waals surface area contributed by atoms with E-state index in [9.17, 15) is 4.79 Å². The van der Waals surface area contributed by atoms with Crippen molar-refractivity contribution >= 4 is 27.4 Å². The first-order valence-electron chi connectivity index (χ1n) is 6.54. The van der Waals surface area contributed by atoms with Crippen molar-refractivity contribution in [3.63, 3.8) is 0 Å². The summed E-state index contributed by atoms with van der Waals surface area (Å²) in [6.45, 7) is 0.591. The minimum Gasteiger partial charge on any atom is -0.496 e. The highest BCUT2D eigenvalue weighted by atomic mass is 79.9. The van der Waals surface area contributed by atoms with Crippen LogP contribution in [-0.2, 0) is 6.42 Å². The van der Waals surface area contributed by atoms with Gasteiger partial charge in [0, 0.05) is 16.6 Å². The molecule has 1 aliphatic rings. The number of hydrogen-bond donors (Lipinski definition) is 1. The molecule has 0 saturated carbocycles. The van der Waals surface area contributed by atoms with E-state index in [4.69, 9.17) is 15.2 Å². The lowest BCUT2D eigenvalue weighted by Gasteiger charge is -2.13. The van der Waals surface area contributed by atoms with Crippen LogP contribution in [0, 0.1) is 0 Å². The van der Waals surface area contributed by atoms with E-state index < -0.39 is 0 Å². The lowest BCUT2D eigenvalue weighted by molar-refractivity contribution is 0.103. The lowest BCUT2D eigenvalue weighted by atomic mass is 9.98. The molecular formula is C16H14BrNO3. The molecule has 0 unspecified atom stereocenters. The number of ketones is 1. The van der Waals surface area contributed by atoms with E-state index in [0.29, 0.717) is 34.9 Å². The minimum atomic E-state index is -0.190. The van der Waals surface area contributed by atoms with Crippen LogP contribution in [-0.4, -0.2) is 19.5 Å². The summed E-state index contributed by atoms with van der Waals surface area (Å²) in [5, 5.41) is 0. The van der Waals surface area contributed by atoms with Crippen LogP contribution in [0.15, 0.2) is 34.8 Å². The molecule has 0 saturated heterocycles. The monoisotopic (exact) mass is 347 g/mol. The summed E-state index contributed by atoms with van der Waals surface area (Å²) in [5.74, 6) is 0.921. The average Bonchev–Trinajstić information content (AvgIpc) is 2.93. The maximum Gasteiger partial charge on any atom is 0.202 e. The van der Waals surface area contributed by atoms with Crippen molar-refractivity contribution in [1.29, 1.82) is 0 Å². The maximum absolute atomic E-state index is 12.9. The quantitative estimate of drug-likeness (QED) is 0.684. The molecule has 0 radical (unpaired) electrons. The Morgan fingerprint density at radius 1 is 1.38 bits per heavy atom. The largest absolute Gasteiger partial charge is 0.496 e. The Morgan fingerprint density at radius 3 is 2.95 bits per heavy atom. The Bertz CT molecular complexity index is 728. The van der Waals surface area contributed by atoms with Crippen LogP contribution in [0.3, 0.4) is 0 Å². The van der Waals surface area contributed by atoms with Crippen molar-refractivity contribution in [2.75, 3.05) is 19.5 Å². The summed E-state index contributed by atoms with van der Waals surface area (Å²) >= 11 is 3.44. The SMILES string of the molecule is COc1cccc(N)c1C(=O)c1cc(Br)cc2c1OCC2. The van der Waals surface area contributed by atoms with Crippen LogP contribution in [0.5, 0.6) is 11.5 Å². The number of methoxy groups -OCH3 is 1. The Kier molecular flexibility index (Phi) is 3.59. The zero-order chi connectivity index (χ0) is 15.0. The Balaban J connectivity index is 2.17. The summed E-state index contributed by atoms with van der Waals surface area (Å²) in [5.41, 5.74) is 8.27. The first kappa shape index (κ1) is 13.9. The van der Waals surface area contributed by atoms with Gasteiger partial charge < -0.3 is 15.2 Å². The Labute approximate surface area is 131 Å². The van der Waals surface area contributed by atoms with Crippen LogP contribution in [0.2, 0.25) is 0 Å². The summed E-state index contributed by atoms with van der Waals surface area (Å²) in [6, 6.07) is 8.91. The first-order valence-corrected chi connectivity index (χ1v) is 7.33. The third-order valence-corrected chi connectivity index (χ3v) is 3.96. The van der Waals surface area contributed by atoms with Crippen molar-refractivity contribution in [3.8, 4) is 11.5 Å². The third kappa shape index (κ3) is 2.38. The van der Waals surface area contributed by atoms with Crippen LogP contribution in [0.4, 0.5) is 5.69 Å². The number of fused-ring (bicyclic) bond motifs is 1. The molecule has 108 valence electrons. The van der Waals surface area contributed by atoms with E-state index in [0.717, 1.165) is 16.5 Å². The molecule has 0 atom stereocenters. The molecule has 0 amide bonds. The van der Waals surface area contributed by atoms with Gasteiger partial charge in [0.05, 0.1) is 24.8 Å². The Morgan fingerprint density at radius 2 is 2.19 bits per heavy atom. The fourth-order valence-electron chi connectivity index (χ4n) is 2.53. The van der Waals surface area contributed by atoms with E-state index in [1.54, 1.807) is 24.3 Å². The number of nitrogen functional groups attached to an aromatic ring is 1. The molecule has 3 rings (SSSR count). The van der Waals surface area contributed by atoms with Crippen LogP contribution >= 0.6 is 15.9 Å². The number of benzene rings is 2. The molecule has 2 aromatic rings. The molecule has 0 aliphatic carbocycles. The smallest absolute Gasteiger partial charge is 0.202 e. The van der Waals surface area contributed by atoms with Gasteiger partial charge in [0.15, 0.2) is 0 Å². The van der Waals surface area contributed by atoms with E-state index in [-0.39, 0.29) is 5.78 Å². The summed E-state index contributed by atoms with van der Waals surface area (Å²) < 4.78 is 11.7. The predicted octanol–water partition coefficient (Wildman–Crippen LogP) is 3.21. The number of carbonyl (C=O) groups is 1. The molecule has 1 heterocycles. The predicted molar refractivity (Wildman–Crippen MR) is 84.2 cm³/mol. The number of hydrogen-bond acceptors (Lipinski definition) is 4. The van der Waals surface area contributed by atoms with Crippen molar-refractivity contribution < 1.29 is 14.3 Å². The highest BCUT2D eigenvalue weighted by Crippen LogP contribution is 2.36. The number of ether oxygens (including phenoxy) is 2. The lowest BCUT2D eigenvalue weighted by Crippen LogP contribution is -2.09. The molecule has 1 aliphatic heterocycles. The first-order chi connectivity index (χ1) is 10.1. The van der Waals surface area contributed by atoms with Gasteiger partial charge in [0.25, 0.3) is 0 Å². The van der Waals surface area contributed by atoms with E-state index in [1.807, 2.05) is 6.07 Å². The Hall–Kier alpha value is -2.01. The van der Waals surface area contributed by atoms with Gasteiger partial charge in [-0.25, -0.2) is 0 Å². The topological polar surface area (TPSA) is 61.5 Å². The number of anilines is 1. The molecular weight excluding hydrogens is 334 g/mol. The molecule has 2 N–H and O–H groups in total. The second kappa shape index (κ2) is 5.41. The fraction of sp³-hybridized carbons (Fsp3) is 0.188. The van der Waals surface area contributed by atoms with Gasteiger partial charge in [-0.2, -0.15) is 0 Å². The van der Waals surface area contributed by atoms with Gasteiger partial charge in [-0.1, -0.05) is 22.0 Å². The van der Waals surface area contributed by atoms with Gasteiger partial charge in [0.1, 0.15) is 11.5 Å². The van der Waals surface area contributed by atoms with Crippen molar-refractivity contribution in [2.45, 2.75) is 6.42 Å². The molecule has 2 aromatic carbocycles. The number of rotatable bonds is 3. The molecule has 5 heteroatoms. The molecule has 0 spiro atoms. The normalized spacial score (nSPS) is 12.7. The second-order valence-corrected chi connectivity index (χ2v) is 5.71. The molecule has 4 nitrogen and oxygen atoms in total. The van der Waals surface area contributed by atoms with Gasteiger partial charge in [-0.05, 0) is 29.8 Å². The van der Waals surface area contributed by atoms with Crippen molar-refractivity contribution in [2.24, 2.45) is 0 Å². The van der Waals surface area contributed by atoms with Crippen molar-refractivity contribution in [3.05, 3.63) is 51.5 Å². The highest BCUT2D eigenvalue weighted by molar-refractivity contribution is 9.10. The van der Waals surface area contributed by atoms with Crippen molar-refractivity contribution in [1.82, 2.24) is 0 Å². The van der Waals surface area contributed by atoms with Crippen LogP contribution in [0.1, 0.15) is 21.5 Å². The molecule has 21 heavy (non-hydrogen) atoms.